The first kappa shape index (κ1) is 16.0. The third kappa shape index (κ3) is 4.93. The van der Waals surface area contributed by atoms with Crippen LogP contribution in [0.2, 0.25) is 0 Å². The summed E-state index contributed by atoms with van der Waals surface area (Å²) in [5.74, 6) is -0.697. The van der Waals surface area contributed by atoms with Gasteiger partial charge in [0, 0.05) is 6.08 Å². The number of carboxylic acid groups (broad SMARTS) is 1. The summed E-state index contributed by atoms with van der Waals surface area (Å²) in [6, 6.07) is 4.73. The van der Waals surface area contributed by atoms with Crippen LogP contribution in [-0.2, 0) is 14.8 Å². The molecule has 0 atom stereocenters. The van der Waals surface area contributed by atoms with Crippen molar-refractivity contribution in [3.63, 3.8) is 0 Å². The molecule has 0 unspecified atom stereocenters. The van der Waals surface area contributed by atoms with Gasteiger partial charge in [-0.2, -0.15) is 0 Å². The SMILES string of the molecule is CCCS(=O)(=O)Nc1cc(C=CC(=O)O)ccc1OC. The lowest BCUT2D eigenvalue weighted by atomic mass is 10.2. The molecule has 0 saturated heterocycles. The number of carboxylic acids is 1. The number of anilines is 1. The number of aliphatic carboxylic acids is 1. The van der Waals surface area contributed by atoms with E-state index in [1.807, 2.05) is 0 Å². The average Bonchev–Trinajstić information content (AvgIpc) is 2.36. The van der Waals surface area contributed by atoms with Crippen molar-refractivity contribution >= 4 is 27.8 Å². The van der Waals surface area contributed by atoms with Crippen molar-refractivity contribution in [1.82, 2.24) is 0 Å². The van der Waals surface area contributed by atoms with Crippen molar-refractivity contribution in [3.8, 4) is 5.75 Å². The lowest BCUT2D eigenvalue weighted by Crippen LogP contribution is -2.16. The van der Waals surface area contributed by atoms with E-state index in [0.717, 1.165) is 6.08 Å². The molecule has 0 radical (unpaired) electrons. The van der Waals surface area contributed by atoms with Gasteiger partial charge in [-0.25, -0.2) is 13.2 Å². The van der Waals surface area contributed by atoms with Crippen LogP contribution in [0.15, 0.2) is 24.3 Å². The molecule has 1 aromatic rings. The zero-order chi connectivity index (χ0) is 15.2. The van der Waals surface area contributed by atoms with Gasteiger partial charge in [0.25, 0.3) is 0 Å². The first-order valence-corrected chi connectivity index (χ1v) is 7.62. The van der Waals surface area contributed by atoms with Crippen molar-refractivity contribution in [1.29, 1.82) is 0 Å². The van der Waals surface area contributed by atoms with Crippen molar-refractivity contribution in [2.24, 2.45) is 0 Å². The Morgan fingerprint density at radius 2 is 2.15 bits per heavy atom. The van der Waals surface area contributed by atoms with E-state index in [1.54, 1.807) is 19.1 Å². The second kappa shape index (κ2) is 6.95. The second-order valence-electron chi connectivity index (χ2n) is 4.05. The maximum atomic E-state index is 11.8. The third-order valence-corrected chi connectivity index (χ3v) is 3.86. The largest absolute Gasteiger partial charge is 0.495 e. The highest BCUT2D eigenvalue weighted by molar-refractivity contribution is 7.92. The van der Waals surface area contributed by atoms with E-state index in [2.05, 4.69) is 4.72 Å². The summed E-state index contributed by atoms with van der Waals surface area (Å²) in [4.78, 5) is 10.5. The zero-order valence-electron chi connectivity index (χ0n) is 11.3. The number of hydrogen-bond acceptors (Lipinski definition) is 4. The summed E-state index contributed by atoms with van der Waals surface area (Å²) in [5.41, 5.74) is 0.843. The van der Waals surface area contributed by atoms with Crippen LogP contribution in [0.25, 0.3) is 6.08 Å². The van der Waals surface area contributed by atoms with E-state index in [9.17, 15) is 13.2 Å². The summed E-state index contributed by atoms with van der Waals surface area (Å²) in [6.45, 7) is 1.77. The van der Waals surface area contributed by atoms with E-state index in [4.69, 9.17) is 9.84 Å². The molecule has 0 spiro atoms. The highest BCUT2D eigenvalue weighted by Crippen LogP contribution is 2.27. The normalized spacial score (nSPS) is 11.5. The molecule has 0 fully saturated rings. The predicted molar refractivity (Wildman–Crippen MR) is 77.4 cm³/mol. The molecule has 6 nitrogen and oxygen atoms in total. The summed E-state index contributed by atoms with van der Waals surface area (Å²) < 4.78 is 31.0. The number of sulfonamides is 1. The molecular formula is C13H17NO5S. The Morgan fingerprint density at radius 3 is 2.70 bits per heavy atom. The second-order valence-corrected chi connectivity index (χ2v) is 5.89. The molecule has 0 amide bonds. The molecule has 0 aromatic heterocycles. The van der Waals surface area contributed by atoms with Gasteiger partial charge in [-0.3, -0.25) is 4.72 Å². The fraction of sp³-hybridized carbons (Fsp3) is 0.308. The molecular weight excluding hydrogens is 282 g/mol. The Morgan fingerprint density at radius 1 is 1.45 bits per heavy atom. The van der Waals surface area contributed by atoms with Crippen molar-refractivity contribution in [3.05, 3.63) is 29.8 Å². The highest BCUT2D eigenvalue weighted by atomic mass is 32.2. The van der Waals surface area contributed by atoms with Crippen LogP contribution in [0.4, 0.5) is 5.69 Å². The maximum absolute atomic E-state index is 11.8. The van der Waals surface area contributed by atoms with E-state index < -0.39 is 16.0 Å². The maximum Gasteiger partial charge on any atom is 0.328 e. The summed E-state index contributed by atoms with van der Waals surface area (Å²) >= 11 is 0. The minimum Gasteiger partial charge on any atom is -0.495 e. The number of ether oxygens (including phenoxy) is 1. The number of benzene rings is 1. The zero-order valence-corrected chi connectivity index (χ0v) is 12.1. The van der Waals surface area contributed by atoms with Gasteiger partial charge < -0.3 is 9.84 Å². The molecule has 20 heavy (non-hydrogen) atoms. The van der Waals surface area contributed by atoms with E-state index >= 15 is 0 Å². The Kier molecular flexibility index (Phi) is 5.57. The molecule has 0 aliphatic rings. The summed E-state index contributed by atoms with van der Waals surface area (Å²) in [5, 5.41) is 8.58. The quantitative estimate of drug-likeness (QED) is 0.751. The van der Waals surface area contributed by atoms with Gasteiger partial charge in [-0.15, -0.1) is 0 Å². The van der Waals surface area contributed by atoms with Gasteiger partial charge in [0.05, 0.1) is 18.6 Å². The standard InChI is InChI=1S/C13H17NO5S/c1-3-8-20(17,18)14-11-9-10(5-7-13(15)16)4-6-12(11)19-2/h4-7,9,14H,3,8H2,1-2H3,(H,15,16). The Bertz CT molecular complexity index is 607. The Balaban J connectivity index is 3.09. The number of rotatable bonds is 7. The first-order chi connectivity index (χ1) is 9.38. The molecule has 7 heteroatoms. The van der Waals surface area contributed by atoms with Crippen LogP contribution >= 0.6 is 0 Å². The molecule has 0 aliphatic carbocycles. The fourth-order valence-corrected chi connectivity index (χ4v) is 2.70. The van der Waals surface area contributed by atoms with Gasteiger partial charge in [-0.1, -0.05) is 13.0 Å². The smallest absolute Gasteiger partial charge is 0.328 e. The van der Waals surface area contributed by atoms with Gasteiger partial charge in [0.1, 0.15) is 5.75 Å². The summed E-state index contributed by atoms with van der Waals surface area (Å²) in [6.07, 6.45) is 2.85. The molecule has 0 saturated carbocycles. The summed E-state index contributed by atoms with van der Waals surface area (Å²) in [7, 11) is -2.01. The lowest BCUT2D eigenvalue weighted by molar-refractivity contribution is -0.131. The van der Waals surface area contributed by atoms with Crippen LogP contribution in [-0.4, -0.2) is 32.4 Å². The van der Waals surface area contributed by atoms with Crippen molar-refractivity contribution in [2.45, 2.75) is 13.3 Å². The fourth-order valence-electron chi connectivity index (χ4n) is 1.56. The number of carbonyl (C=O) groups is 1. The Hall–Kier alpha value is -2.02. The molecule has 0 aliphatic heterocycles. The Labute approximate surface area is 118 Å². The molecule has 0 heterocycles. The van der Waals surface area contributed by atoms with E-state index in [1.165, 1.54) is 19.3 Å². The van der Waals surface area contributed by atoms with Gasteiger partial charge in [0.2, 0.25) is 10.0 Å². The topological polar surface area (TPSA) is 92.7 Å². The first-order valence-electron chi connectivity index (χ1n) is 5.97. The van der Waals surface area contributed by atoms with Gasteiger partial charge in [0.15, 0.2) is 0 Å². The van der Waals surface area contributed by atoms with Crippen LogP contribution in [0.3, 0.4) is 0 Å². The van der Waals surface area contributed by atoms with Crippen LogP contribution in [0, 0.1) is 0 Å². The predicted octanol–water partition coefficient (Wildman–Crippen LogP) is 1.94. The van der Waals surface area contributed by atoms with Crippen LogP contribution in [0.1, 0.15) is 18.9 Å². The molecule has 1 rings (SSSR count). The molecule has 110 valence electrons. The highest BCUT2D eigenvalue weighted by Gasteiger charge is 2.12. The lowest BCUT2D eigenvalue weighted by Gasteiger charge is -2.12. The van der Waals surface area contributed by atoms with Crippen molar-refractivity contribution < 1.29 is 23.1 Å². The molecule has 0 bridgehead atoms. The average molecular weight is 299 g/mol. The number of methoxy groups -OCH3 is 1. The molecule has 2 N–H and O–H groups in total. The number of nitrogens with one attached hydrogen (secondary N) is 1. The van der Waals surface area contributed by atoms with E-state index in [0.29, 0.717) is 17.7 Å². The minimum absolute atomic E-state index is 0.00530. The minimum atomic E-state index is -3.44. The van der Waals surface area contributed by atoms with Gasteiger partial charge in [-0.05, 0) is 30.2 Å². The van der Waals surface area contributed by atoms with Gasteiger partial charge >= 0.3 is 5.97 Å². The third-order valence-electron chi connectivity index (χ3n) is 2.38. The van der Waals surface area contributed by atoms with Crippen LogP contribution < -0.4 is 9.46 Å². The monoisotopic (exact) mass is 299 g/mol. The van der Waals surface area contributed by atoms with E-state index in [-0.39, 0.29) is 11.4 Å². The number of hydrogen-bond donors (Lipinski definition) is 2. The molecule has 1 aromatic carbocycles. The van der Waals surface area contributed by atoms with Crippen LogP contribution in [0.5, 0.6) is 5.75 Å². The van der Waals surface area contributed by atoms with Crippen molar-refractivity contribution in [2.75, 3.05) is 17.6 Å².